The molecule has 7 heteroatoms. The molecule has 1 N–H and O–H groups in total. The molecule has 3 aromatic rings. The van der Waals surface area contributed by atoms with Crippen LogP contribution in [0.25, 0.3) is 5.69 Å². The molecule has 4 rings (SSSR count). The summed E-state index contributed by atoms with van der Waals surface area (Å²) in [5.41, 5.74) is 4.68. The lowest BCUT2D eigenvalue weighted by Gasteiger charge is -2.06. The molecule has 0 saturated carbocycles. The van der Waals surface area contributed by atoms with Gasteiger partial charge >= 0.3 is 0 Å². The zero-order chi connectivity index (χ0) is 18.6. The Morgan fingerprint density at radius 2 is 1.85 bits per heavy atom. The topological polar surface area (TPSA) is 74.1 Å². The largest absolute Gasteiger partial charge is 0.496 e. The summed E-state index contributed by atoms with van der Waals surface area (Å²) in [6.07, 6.45) is 5.39. The Kier molecular flexibility index (Phi) is 4.49. The number of aromatic nitrogens is 1. The summed E-state index contributed by atoms with van der Waals surface area (Å²) in [6.45, 7) is 0.175. The standard InChI is InChI=1S/C20H17N3O4/c1-25-17-11-19-18(26-13-27-19)10-15(17)12-21-22-20(24)14-4-6-16(7-5-14)23-8-2-3-9-23/h2-12H,13H2,1H3,(H,22,24)/b21-12-. The van der Waals surface area contributed by atoms with E-state index in [4.69, 9.17) is 14.2 Å². The van der Waals surface area contributed by atoms with Crippen LogP contribution in [0.1, 0.15) is 15.9 Å². The highest BCUT2D eigenvalue weighted by Crippen LogP contribution is 2.37. The molecule has 1 aliphatic heterocycles. The van der Waals surface area contributed by atoms with Gasteiger partial charge in [0.1, 0.15) is 5.75 Å². The third-order valence-electron chi connectivity index (χ3n) is 4.13. The van der Waals surface area contributed by atoms with Crippen molar-refractivity contribution >= 4 is 12.1 Å². The summed E-state index contributed by atoms with van der Waals surface area (Å²) in [5.74, 6) is 1.51. The minimum atomic E-state index is -0.301. The summed E-state index contributed by atoms with van der Waals surface area (Å²) in [5, 5.41) is 4.02. The maximum atomic E-state index is 12.3. The first-order chi connectivity index (χ1) is 13.2. The van der Waals surface area contributed by atoms with E-state index in [0.717, 1.165) is 5.69 Å². The van der Waals surface area contributed by atoms with Crippen LogP contribution >= 0.6 is 0 Å². The average molecular weight is 363 g/mol. The van der Waals surface area contributed by atoms with Gasteiger partial charge in [-0.05, 0) is 42.5 Å². The molecule has 0 aliphatic carbocycles. The fourth-order valence-corrected chi connectivity index (χ4v) is 2.73. The highest BCUT2D eigenvalue weighted by atomic mass is 16.7. The van der Waals surface area contributed by atoms with Crippen molar-refractivity contribution in [3.63, 3.8) is 0 Å². The summed E-state index contributed by atoms with van der Waals surface area (Å²) < 4.78 is 17.9. The number of amides is 1. The molecule has 0 atom stereocenters. The highest BCUT2D eigenvalue weighted by Gasteiger charge is 2.17. The number of benzene rings is 2. The Morgan fingerprint density at radius 3 is 2.56 bits per heavy atom. The Labute approximate surface area is 155 Å². The van der Waals surface area contributed by atoms with E-state index in [-0.39, 0.29) is 12.7 Å². The van der Waals surface area contributed by atoms with Crippen LogP contribution in [-0.4, -0.2) is 30.6 Å². The Bertz CT molecular complexity index is 979. The van der Waals surface area contributed by atoms with Crippen molar-refractivity contribution in [3.8, 4) is 22.9 Å². The predicted octanol–water partition coefficient (Wildman–Crippen LogP) is 2.98. The van der Waals surface area contributed by atoms with Gasteiger partial charge in [0, 0.05) is 35.3 Å². The van der Waals surface area contributed by atoms with Crippen LogP contribution in [0.4, 0.5) is 0 Å². The number of nitrogens with zero attached hydrogens (tertiary/aromatic N) is 2. The Balaban J connectivity index is 1.45. The van der Waals surface area contributed by atoms with E-state index in [2.05, 4.69) is 10.5 Å². The van der Waals surface area contributed by atoms with Crippen LogP contribution in [0, 0.1) is 0 Å². The average Bonchev–Trinajstić information content (AvgIpc) is 3.39. The molecule has 1 amide bonds. The first-order valence-electron chi connectivity index (χ1n) is 8.29. The highest BCUT2D eigenvalue weighted by molar-refractivity contribution is 5.95. The number of methoxy groups -OCH3 is 1. The number of nitrogens with one attached hydrogen (secondary N) is 1. The molecule has 0 spiro atoms. The molecular formula is C20H17N3O4. The van der Waals surface area contributed by atoms with Crippen molar-refractivity contribution < 1.29 is 19.0 Å². The van der Waals surface area contributed by atoms with Gasteiger partial charge in [-0.1, -0.05) is 0 Å². The molecule has 2 heterocycles. The summed E-state index contributed by atoms with van der Waals surface area (Å²) in [7, 11) is 1.56. The normalized spacial score (nSPS) is 12.3. The van der Waals surface area contributed by atoms with E-state index in [1.165, 1.54) is 6.21 Å². The van der Waals surface area contributed by atoms with Crippen LogP contribution < -0.4 is 19.6 Å². The smallest absolute Gasteiger partial charge is 0.271 e. The van der Waals surface area contributed by atoms with Gasteiger partial charge in [0.15, 0.2) is 11.5 Å². The molecule has 2 aromatic carbocycles. The molecule has 0 saturated heterocycles. The molecule has 27 heavy (non-hydrogen) atoms. The Hall–Kier alpha value is -3.74. The molecular weight excluding hydrogens is 346 g/mol. The molecule has 0 radical (unpaired) electrons. The molecule has 7 nitrogen and oxygen atoms in total. The van der Waals surface area contributed by atoms with Crippen LogP contribution in [0.2, 0.25) is 0 Å². The molecule has 0 unspecified atom stereocenters. The van der Waals surface area contributed by atoms with Gasteiger partial charge in [0.05, 0.1) is 13.3 Å². The van der Waals surface area contributed by atoms with Gasteiger partial charge in [-0.3, -0.25) is 4.79 Å². The van der Waals surface area contributed by atoms with Crippen molar-refractivity contribution in [1.29, 1.82) is 0 Å². The third kappa shape index (κ3) is 3.48. The number of hydrazone groups is 1. The lowest BCUT2D eigenvalue weighted by molar-refractivity contribution is 0.0955. The van der Waals surface area contributed by atoms with Crippen LogP contribution in [0.5, 0.6) is 17.2 Å². The number of fused-ring (bicyclic) bond motifs is 1. The second-order valence-corrected chi connectivity index (χ2v) is 5.78. The SMILES string of the molecule is COc1cc2c(cc1/C=N\NC(=O)c1ccc(-n3cccc3)cc1)OCO2. The van der Waals surface area contributed by atoms with Gasteiger partial charge in [-0.25, -0.2) is 5.43 Å². The summed E-state index contributed by atoms with van der Waals surface area (Å²) in [4.78, 5) is 12.3. The predicted molar refractivity (Wildman–Crippen MR) is 99.9 cm³/mol. The number of carbonyl (C=O) groups is 1. The minimum Gasteiger partial charge on any atom is -0.496 e. The zero-order valence-electron chi connectivity index (χ0n) is 14.6. The van der Waals surface area contributed by atoms with Crippen molar-refractivity contribution in [1.82, 2.24) is 9.99 Å². The molecule has 1 aromatic heterocycles. The number of hydrogen-bond acceptors (Lipinski definition) is 5. The Morgan fingerprint density at radius 1 is 1.15 bits per heavy atom. The van der Waals surface area contributed by atoms with E-state index < -0.39 is 0 Å². The van der Waals surface area contributed by atoms with Crippen molar-refractivity contribution in [3.05, 3.63) is 72.1 Å². The zero-order valence-corrected chi connectivity index (χ0v) is 14.6. The lowest BCUT2D eigenvalue weighted by Crippen LogP contribution is -2.17. The quantitative estimate of drug-likeness (QED) is 0.559. The number of carbonyl (C=O) groups excluding carboxylic acids is 1. The number of hydrogen-bond donors (Lipinski definition) is 1. The number of rotatable bonds is 5. The third-order valence-corrected chi connectivity index (χ3v) is 4.13. The van der Waals surface area contributed by atoms with Crippen molar-refractivity contribution in [2.45, 2.75) is 0 Å². The van der Waals surface area contributed by atoms with Crippen LogP contribution in [-0.2, 0) is 0 Å². The molecule has 136 valence electrons. The van der Waals surface area contributed by atoms with Gasteiger partial charge in [0.2, 0.25) is 6.79 Å². The lowest BCUT2D eigenvalue weighted by atomic mass is 10.2. The van der Waals surface area contributed by atoms with Crippen molar-refractivity contribution in [2.24, 2.45) is 5.10 Å². The van der Waals surface area contributed by atoms with Gasteiger partial charge in [-0.2, -0.15) is 5.10 Å². The van der Waals surface area contributed by atoms with Crippen LogP contribution in [0.15, 0.2) is 66.0 Å². The molecule has 0 bridgehead atoms. The van der Waals surface area contributed by atoms with E-state index in [9.17, 15) is 4.79 Å². The monoisotopic (exact) mass is 363 g/mol. The fraction of sp³-hybridized carbons (Fsp3) is 0.100. The van der Waals surface area contributed by atoms with E-state index in [1.54, 1.807) is 31.4 Å². The fourth-order valence-electron chi connectivity index (χ4n) is 2.73. The first kappa shape index (κ1) is 16.7. The first-order valence-corrected chi connectivity index (χ1v) is 8.29. The maximum absolute atomic E-state index is 12.3. The maximum Gasteiger partial charge on any atom is 0.271 e. The minimum absolute atomic E-state index is 0.175. The number of ether oxygens (including phenoxy) is 3. The van der Waals surface area contributed by atoms with E-state index in [0.29, 0.717) is 28.4 Å². The van der Waals surface area contributed by atoms with Crippen molar-refractivity contribution in [2.75, 3.05) is 13.9 Å². The summed E-state index contributed by atoms with van der Waals surface area (Å²) >= 11 is 0. The summed E-state index contributed by atoms with van der Waals surface area (Å²) in [6, 6.07) is 14.6. The van der Waals surface area contributed by atoms with Gasteiger partial charge in [-0.15, -0.1) is 0 Å². The van der Waals surface area contributed by atoms with Gasteiger partial charge in [0.25, 0.3) is 5.91 Å². The van der Waals surface area contributed by atoms with Crippen LogP contribution in [0.3, 0.4) is 0 Å². The van der Waals surface area contributed by atoms with E-state index in [1.807, 2.05) is 41.2 Å². The van der Waals surface area contributed by atoms with Gasteiger partial charge < -0.3 is 18.8 Å². The second-order valence-electron chi connectivity index (χ2n) is 5.78. The van der Waals surface area contributed by atoms with E-state index >= 15 is 0 Å². The molecule has 1 aliphatic rings. The molecule has 0 fully saturated rings. The second kappa shape index (κ2) is 7.25.